The number of carbonyl (C=O) groups excluding carboxylic acids is 1. The van der Waals surface area contributed by atoms with E-state index in [0.717, 1.165) is 16.6 Å². The van der Waals surface area contributed by atoms with Crippen LogP contribution in [0.2, 0.25) is 5.02 Å². The molecule has 0 saturated heterocycles. The van der Waals surface area contributed by atoms with E-state index in [1.165, 1.54) is 0 Å². The van der Waals surface area contributed by atoms with Crippen LogP contribution in [0.3, 0.4) is 0 Å². The summed E-state index contributed by atoms with van der Waals surface area (Å²) in [6.07, 6.45) is 0. The van der Waals surface area contributed by atoms with E-state index >= 15 is 0 Å². The number of benzene rings is 3. The zero-order valence-electron chi connectivity index (χ0n) is 15.1. The molecule has 3 aromatic carbocycles. The number of para-hydroxylation sites is 3. The van der Waals surface area contributed by atoms with E-state index in [1.807, 2.05) is 67.6 Å². The molecule has 0 aliphatic rings. The Hall–Kier alpha value is -3.37. The van der Waals surface area contributed by atoms with Crippen molar-refractivity contribution in [3.05, 3.63) is 101 Å². The summed E-state index contributed by atoms with van der Waals surface area (Å²) in [5.74, 6) is -0.297. The van der Waals surface area contributed by atoms with Crippen molar-refractivity contribution in [1.29, 1.82) is 0 Å². The van der Waals surface area contributed by atoms with Crippen molar-refractivity contribution in [3.63, 3.8) is 0 Å². The van der Waals surface area contributed by atoms with Gasteiger partial charge in [0.05, 0.1) is 10.7 Å². The van der Waals surface area contributed by atoms with Gasteiger partial charge in [0, 0.05) is 11.1 Å². The van der Waals surface area contributed by atoms with Gasteiger partial charge in [-0.1, -0.05) is 60.1 Å². The molecule has 0 radical (unpaired) electrons. The molecule has 0 aliphatic heterocycles. The summed E-state index contributed by atoms with van der Waals surface area (Å²) in [7, 11) is 0. The number of nitrogens with zero attached hydrogens (tertiary/aromatic N) is 1. The maximum absolute atomic E-state index is 13.0. The Bertz CT molecular complexity index is 1240. The third kappa shape index (κ3) is 3.68. The summed E-state index contributed by atoms with van der Waals surface area (Å²) >= 11 is 6.24. The van der Waals surface area contributed by atoms with Gasteiger partial charge in [0.1, 0.15) is 11.1 Å². The van der Waals surface area contributed by atoms with E-state index in [2.05, 4.69) is 10.3 Å². The molecule has 1 heterocycles. The van der Waals surface area contributed by atoms with Gasteiger partial charge in [0.15, 0.2) is 0 Å². The molecule has 0 aliphatic carbocycles. The summed E-state index contributed by atoms with van der Waals surface area (Å²) in [4.78, 5) is 17.6. The fourth-order valence-corrected chi connectivity index (χ4v) is 3.05. The quantitative estimate of drug-likeness (QED) is 0.476. The summed E-state index contributed by atoms with van der Waals surface area (Å²) < 4.78 is 5.95. The lowest BCUT2D eigenvalue weighted by Crippen LogP contribution is -2.22. The molecule has 1 aromatic heterocycles. The van der Waals surface area contributed by atoms with Crippen molar-refractivity contribution in [1.82, 2.24) is 0 Å². The first kappa shape index (κ1) is 18.0. The van der Waals surface area contributed by atoms with Gasteiger partial charge < -0.3 is 9.73 Å². The lowest BCUT2D eigenvalue weighted by atomic mass is 10.1. The Labute approximate surface area is 167 Å². The van der Waals surface area contributed by atoms with Crippen molar-refractivity contribution in [2.45, 2.75) is 6.92 Å². The van der Waals surface area contributed by atoms with Gasteiger partial charge in [-0.15, -0.1) is 0 Å². The number of fused-ring (bicyclic) bond motifs is 1. The van der Waals surface area contributed by atoms with Crippen LogP contribution in [-0.4, -0.2) is 5.91 Å². The second-order valence-corrected chi connectivity index (χ2v) is 6.74. The summed E-state index contributed by atoms with van der Waals surface area (Å²) in [6, 6.07) is 24.1. The highest BCUT2D eigenvalue weighted by molar-refractivity contribution is 6.32. The molecule has 1 amide bonds. The minimum absolute atomic E-state index is 0.206. The Kier molecular flexibility index (Phi) is 4.96. The van der Waals surface area contributed by atoms with Crippen LogP contribution < -0.4 is 10.9 Å². The summed E-state index contributed by atoms with van der Waals surface area (Å²) in [5, 5.41) is 4.24. The van der Waals surface area contributed by atoms with E-state index in [4.69, 9.17) is 16.0 Å². The van der Waals surface area contributed by atoms with Crippen molar-refractivity contribution in [2.24, 2.45) is 4.99 Å². The van der Waals surface area contributed by atoms with Crippen molar-refractivity contribution in [3.8, 4) is 0 Å². The molecule has 4 rings (SSSR count). The van der Waals surface area contributed by atoms with Gasteiger partial charge in [-0.2, -0.15) is 0 Å². The molecule has 5 heteroatoms. The van der Waals surface area contributed by atoms with Crippen molar-refractivity contribution < 1.29 is 9.21 Å². The molecule has 138 valence electrons. The Morgan fingerprint density at radius 2 is 1.68 bits per heavy atom. The third-order valence-electron chi connectivity index (χ3n) is 4.37. The maximum Gasteiger partial charge on any atom is 0.261 e. The number of halogens is 1. The van der Waals surface area contributed by atoms with E-state index in [-0.39, 0.29) is 11.5 Å². The fourth-order valence-electron chi connectivity index (χ4n) is 2.87. The van der Waals surface area contributed by atoms with Crippen LogP contribution in [-0.2, 0) is 0 Å². The predicted molar refractivity (Wildman–Crippen MR) is 112 cm³/mol. The molecule has 0 atom stereocenters. The van der Waals surface area contributed by atoms with Crippen molar-refractivity contribution >= 4 is 39.9 Å². The normalized spacial score (nSPS) is 11.6. The molecule has 0 spiro atoms. The Balaban J connectivity index is 1.87. The van der Waals surface area contributed by atoms with Crippen LogP contribution >= 0.6 is 11.6 Å². The fraction of sp³-hybridized carbons (Fsp3) is 0.0435. The van der Waals surface area contributed by atoms with Crippen LogP contribution in [0.4, 0.5) is 11.4 Å². The minimum Gasteiger partial charge on any atom is -0.438 e. The molecule has 4 nitrogen and oxygen atoms in total. The third-order valence-corrected chi connectivity index (χ3v) is 4.69. The largest absolute Gasteiger partial charge is 0.438 e. The van der Waals surface area contributed by atoms with E-state index in [1.54, 1.807) is 18.2 Å². The second-order valence-electron chi connectivity index (χ2n) is 6.34. The lowest BCUT2D eigenvalue weighted by molar-refractivity contribution is 0.102. The molecule has 0 bridgehead atoms. The number of amides is 1. The SMILES string of the molecule is Cc1ccccc1NC(=O)c1cc2ccccc2oc1=Nc1ccccc1Cl. The van der Waals surface area contributed by atoms with Crippen LogP contribution in [0.1, 0.15) is 15.9 Å². The van der Waals surface area contributed by atoms with Crippen LogP contribution in [0, 0.1) is 6.92 Å². The van der Waals surface area contributed by atoms with Crippen LogP contribution in [0.5, 0.6) is 0 Å². The minimum atomic E-state index is -0.297. The molecule has 28 heavy (non-hydrogen) atoms. The zero-order valence-corrected chi connectivity index (χ0v) is 15.9. The summed E-state index contributed by atoms with van der Waals surface area (Å²) in [5.41, 5.74) is 3.43. The number of rotatable bonds is 3. The summed E-state index contributed by atoms with van der Waals surface area (Å²) in [6.45, 7) is 1.94. The second kappa shape index (κ2) is 7.71. The molecule has 4 aromatic rings. The van der Waals surface area contributed by atoms with Gasteiger partial charge in [-0.3, -0.25) is 4.79 Å². The highest BCUT2D eigenvalue weighted by Gasteiger charge is 2.14. The first-order chi connectivity index (χ1) is 13.6. The maximum atomic E-state index is 13.0. The number of hydrogen-bond acceptors (Lipinski definition) is 3. The average Bonchev–Trinajstić information content (AvgIpc) is 2.71. The molecular weight excluding hydrogens is 372 g/mol. The monoisotopic (exact) mass is 388 g/mol. The van der Waals surface area contributed by atoms with E-state index in [9.17, 15) is 4.79 Å². The number of anilines is 1. The highest BCUT2D eigenvalue weighted by atomic mass is 35.5. The Morgan fingerprint density at radius 1 is 0.964 bits per heavy atom. The van der Waals surface area contributed by atoms with Crippen LogP contribution in [0.25, 0.3) is 11.0 Å². The van der Waals surface area contributed by atoms with E-state index < -0.39 is 0 Å². The van der Waals surface area contributed by atoms with Gasteiger partial charge in [0.25, 0.3) is 5.91 Å². The molecular formula is C23H17ClN2O2. The number of nitrogens with one attached hydrogen (secondary N) is 1. The first-order valence-electron chi connectivity index (χ1n) is 8.81. The standard InChI is InChI=1S/C23H17ClN2O2/c1-15-8-2-5-11-19(15)25-22(27)17-14-16-9-3-7-13-21(16)28-23(17)26-20-12-6-4-10-18(20)24/h2-14H,1H3,(H,25,27). The molecule has 0 unspecified atom stereocenters. The number of aryl methyl sites for hydroxylation is 1. The van der Waals surface area contributed by atoms with Gasteiger partial charge in [0.2, 0.25) is 5.55 Å². The number of hydrogen-bond donors (Lipinski definition) is 1. The topological polar surface area (TPSA) is 54.6 Å². The predicted octanol–water partition coefficient (Wildman–Crippen LogP) is 5.88. The zero-order chi connectivity index (χ0) is 19.5. The van der Waals surface area contributed by atoms with Crippen LogP contribution in [0.15, 0.2) is 88.3 Å². The Morgan fingerprint density at radius 3 is 2.50 bits per heavy atom. The van der Waals surface area contributed by atoms with Gasteiger partial charge in [-0.25, -0.2) is 4.99 Å². The average molecular weight is 389 g/mol. The van der Waals surface area contributed by atoms with Gasteiger partial charge in [-0.05, 0) is 42.8 Å². The van der Waals surface area contributed by atoms with Crippen molar-refractivity contribution in [2.75, 3.05) is 5.32 Å². The molecule has 0 saturated carbocycles. The first-order valence-corrected chi connectivity index (χ1v) is 9.19. The smallest absolute Gasteiger partial charge is 0.261 e. The van der Waals surface area contributed by atoms with E-state index in [0.29, 0.717) is 21.9 Å². The molecule has 0 fully saturated rings. The number of carbonyl (C=O) groups is 1. The molecule has 1 N–H and O–H groups in total. The van der Waals surface area contributed by atoms with Gasteiger partial charge >= 0.3 is 0 Å². The lowest BCUT2D eigenvalue weighted by Gasteiger charge is -2.09. The highest BCUT2D eigenvalue weighted by Crippen LogP contribution is 2.24.